The zero-order valence-corrected chi connectivity index (χ0v) is 9.88. The van der Waals surface area contributed by atoms with Crippen LogP contribution in [0.1, 0.15) is 58.8 Å². The minimum Gasteiger partial charge on any atom is -0.460 e. The number of ketones is 1. The molecule has 0 aliphatic heterocycles. The van der Waals surface area contributed by atoms with E-state index in [0.29, 0.717) is 6.61 Å². The third-order valence-electron chi connectivity index (χ3n) is 2.27. The van der Waals surface area contributed by atoms with E-state index in [0.717, 1.165) is 12.8 Å². The Morgan fingerprint density at radius 2 is 1.47 bits per heavy atom. The highest BCUT2D eigenvalue weighted by molar-refractivity contribution is 6.32. The van der Waals surface area contributed by atoms with Gasteiger partial charge in [-0.05, 0) is 6.42 Å². The normalized spacial score (nSPS) is 10.0. The van der Waals surface area contributed by atoms with Crippen molar-refractivity contribution in [3.05, 3.63) is 0 Å². The molecular formula is C12H22O3. The maximum atomic E-state index is 10.7. The van der Waals surface area contributed by atoms with Gasteiger partial charge in [0.1, 0.15) is 0 Å². The van der Waals surface area contributed by atoms with Crippen LogP contribution >= 0.6 is 0 Å². The van der Waals surface area contributed by atoms with Crippen molar-refractivity contribution in [3.63, 3.8) is 0 Å². The van der Waals surface area contributed by atoms with E-state index >= 15 is 0 Å². The van der Waals surface area contributed by atoms with Crippen molar-refractivity contribution in [2.24, 2.45) is 0 Å². The average molecular weight is 214 g/mol. The van der Waals surface area contributed by atoms with Gasteiger partial charge in [0.05, 0.1) is 6.61 Å². The average Bonchev–Trinajstić information content (AvgIpc) is 2.21. The van der Waals surface area contributed by atoms with Crippen LogP contribution < -0.4 is 0 Å². The molecule has 3 heteroatoms. The molecule has 0 unspecified atom stereocenters. The molecule has 0 atom stereocenters. The van der Waals surface area contributed by atoms with Gasteiger partial charge in [-0.1, -0.05) is 45.4 Å². The summed E-state index contributed by atoms with van der Waals surface area (Å²) >= 11 is 0. The lowest BCUT2D eigenvalue weighted by molar-refractivity contribution is -0.153. The maximum Gasteiger partial charge on any atom is 0.374 e. The Hall–Kier alpha value is -0.860. The van der Waals surface area contributed by atoms with Gasteiger partial charge in [0.2, 0.25) is 5.78 Å². The van der Waals surface area contributed by atoms with Crippen molar-refractivity contribution >= 4 is 11.8 Å². The summed E-state index contributed by atoms with van der Waals surface area (Å²) in [4.78, 5) is 21.3. The van der Waals surface area contributed by atoms with E-state index in [4.69, 9.17) is 4.74 Å². The number of hydrogen-bond donors (Lipinski definition) is 0. The standard InChI is InChI=1S/C12H22O3/c1-3-4-5-6-7-8-9-10-15-12(14)11(2)13/h3-10H2,1-2H3. The monoisotopic (exact) mass is 214 g/mol. The Bertz CT molecular complexity index is 187. The van der Waals surface area contributed by atoms with E-state index in [1.807, 2.05) is 0 Å². The fraction of sp³-hybridized carbons (Fsp3) is 0.833. The molecule has 3 nitrogen and oxygen atoms in total. The van der Waals surface area contributed by atoms with Crippen molar-refractivity contribution in [2.45, 2.75) is 58.8 Å². The third-order valence-corrected chi connectivity index (χ3v) is 2.27. The summed E-state index contributed by atoms with van der Waals surface area (Å²) in [5.74, 6) is -1.22. The Kier molecular flexibility index (Phi) is 9.13. The van der Waals surface area contributed by atoms with E-state index in [1.165, 1.54) is 39.0 Å². The zero-order chi connectivity index (χ0) is 11.5. The molecule has 0 radical (unpaired) electrons. The van der Waals surface area contributed by atoms with Crippen molar-refractivity contribution in [1.82, 2.24) is 0 Å². The maximum absolute atomic E-state index is 10.7. The first-order valence-corrected chi connectivity index (χ1v) is 5.86. The molecule has 0 bridgehead atoms. The first-order chi connectivity index (χ1) is 7.18. The number of rotatable bonds is 9. The number of hydrogen-bond acceptors (Lipinski definition) is 3. The summed E-state index contributed by atoms with van der Waals surface area (Å²) in [5.41, 5.74) is 0. The number of Topliss-reactive ketones (excluding diaryl/α,β-unsaturated/α-hetero) is 1. The molecule has 0 aromatic heterocycles. The topological polar surface area (TPSA) is 43.4 Å². The quantitative estimate of drug-likeness (QED) is 0.337. The number of ether oxygens (including phenoxy) is 1. The van der Waals surface area contributed by atoms with Crippen LogP contribution in [0.4, 0.5) is 0 Å². The molecular weight excluding hydrogens is 192 g/mol. The molecule has 0 aliphatic rings. The fourth-order valence-electron chi connectivity index (χ4n) is 1.33. The highest BCUT2D eigenvalue weighted by Gasteiger charge is 2.07. The van der Waals surface area contributed by atoms with Gasteiger partial charge in [0.25, 0.3) is 0 Å². The molecule has 0 aromatic rings. The van der Waals surface area contributed by atoms with Gasteiger partial charge in [0.15, 0.2) is 0 Å². The number of carbonyl (C=O) groups excluding carboxylic acids is 2. The Morgan fingerprint density at radius 1 is 0.933 bits per heavy atom. The molecule has 0 fully saturated rings. The minimum atomic E-state index is -0.707. The molecule has 0 rings (SSSR count). The van der Waals surface area contributed by atoms with E-state index in [9.17, 15) is 9.59 Å². The Balaban J connectivity index is 3.11. The van der Waals surface area contributed by atoms with E-state index in [2.05, 4.69) is 6.92 Å². The molecule has 15 heavy (non-hydrogen) atoms. The van der Waals surface area contributed by atoms with Crippen molar-refractivity contribution in [1.29, 1.82) is 0 Å². The Labute approximate surface area is 92.2 Å². The summed E-state index contributed by atoms with van der Waals surface area (Å²) in [6.07, 6.45) is 8.26. The molecule has 0 amide bonds. The molecule has 0 saturated heterocycles. The predicted octanol–water partition coefficient (Wildman–Crippen LogP) is 2.87. The number of esters is 1. The van der Waals surface area contributed by atoms with Crippen LogP contribution in [0.5, 0.6) is 0 Å². The highest BCUT2D eigenvalue weighted by Crippen LogP contribution is 2.06. The third kappa shape index (κ3) is 9.44. The van der Waals surface area contributed by atoms with Crippen LogP contribution in [-0.4, -0.2) is 18.4 Å². The number of unbranched alkanes of at least 4 members (excludes halogenated alkanes) is 6. The van der Waals surface area contributed by atoms with E-state index < -0.39 is 11.8 Å². The second-order valence-electron chi connectivity index (χ2n) is 3.81. The summed E-state index contributed by atoms with van der Waals surface area (Å²) < 4.78 is 4.74. The molecule has 0 spiro atoms. The molecule has 0 aliphatic carbocycles. The summed E-state index contributed by atoms with van der Waals surface area (Å²) in [7, 11) is 0. The second kappa shape index (κ2) is 9.69. The molecule has 0 heterocycles. The lowest BCUT2D eigenvalue weighted by atomic mass is 10.1. The van der Waals surface area contributed by atoms with Gasteiger partial charge in [-0.25, -0.2) is 4.79 Å². The first kappa shape index (κ1) is 14.1. The zero-order valence-electron chi connectivity index (χ0n) is 9.88. The molecule has 0 saturated carbocycles. The van der Waals surface area contributed by atoms with E-state index in [-0.39, 0.29) is 0 Å². The lowest BCUT2D eigenvalue weighted by Gasteiger charge is -2.02. The molecule has 0 aromatic carbocycles. The summed E-state index contributed by atoms with van der Waals surface area (Å²) in [6.45, 7) is 3.81. The van der Waals surface area contributed by atoms with Gasteiger partial charge < -0.3 is 4.74 Å². The number of carbonyl (C=O) groups is 2. The van der Waals surface area contributed by atoms with Crippen LogP contribution in [-0.2, 0) is 14.3 Å². The second-order valence-corrected chi connectivity index (χ2v) is 3.81. The van der Waals surface area contributed by atoms with Gasteiger partial charge in [-0.3, -0.25) is 4.79 Å². The SMILES string of the molecule is CCCCCCCCCOC(=O)C(C)=O. The van der Waals surface area contributed by atoms with E-state index in [1.54, 1.807) is 0 Å². The van der Waals surface area contributed by atoms with Crippen LogP contribution in [0.2, 0.25) is 0 Å². The predicted molar refractivity (Wildman–Crippen MR) is 59.6 cm³/mol. The highest BCUT2D eigenvalue weighted by atomic mass is 16.5. The van der Waals surface area contributed by atoms with Gasteiger partial charge in [0, 0.05) is 6.92 Å². The lowest BCUT2D eigenvalue weighted by Crippen LogP contribution is -2.14. The molecule has 88 valence electrons. The van der Waals surface area contributed by atoms with Gasteiger partial charge >= 0.3 is 5.97 Å². The van der Waals surface area contributed by atoms with Gasteiger partial charge in [-0.15, -0.1) is 0 Å². The largest absolute Gasteiger partial charge is 0.460 e. The Morgan fingerprint density at radius 3 is 2.00 bits per heavy atom. The van der Waals surface area contributed by atoms with Crippen LogP contribution in [0.15, 0.2) is 0 Å². The smallest absolute Gasteiger partial charge is 0.374 e. The van der Waals surface area contributed by atoms with Crippen LogP contribution in [0, 0.1) is 0 Å². The van der Waals surface area contributed by atoms with Crippen LogP contribution in [0.25, 0.3) is 0 Å². The minimum absolute atomic E-state index is 0.381. The van der Waals surface area contributed by atoms with Crippen LogP contribution in [0.3, 0.4) is 0 Å². The van der Waals surface area contributed by atoms with Gasteiger partial charge in [-0.2, -0.15) is 0 Å². The van der Waals surface area contributed by atoms with Crippen molar-refractivity contribution < 1.29 is 14.3 Å². The molecule has 0 N–H and O–H groups in total. The summed E-state index contributed by atoms with van der Waals surface area (Å²) in [5, 5.41) is 0. The fourth-order valence-corrected chi connectivity index (χ4v) is 1.33. The van der Waals surface area contributed by atoms with Crippen molar-refractivity contribution in [3.8, 4) is 0 Å². The van der Waals surface area contributed by atoms with Crippen molar-refractivity contribution in [2.75, 3.05) is 6.61 Å². The summed E-state index contributed by atoms with van der Waals surface area (Å²) in [6, 6.07) is 0. The first-order valence-electron chi connectivity index (χ1n) is 5.86.